The first-order valence-electron chi connectivity index (χ1n) is 18.2. The molecule has 0 radical (unpaired) electrons. The smallest absolute Gasteiger partial charge is 0.256 e. The van der Waals surface area contributed by atoms with Gasteiger partial charge in [-0.1, -0.05) is 151 Å². The van der Waals surface area contributed by atoms with Gasteiger partial charge < -0.3 is 14.4 Å². The molecule has 0 saturated carbocycles. The standard InChI is InChI=1S/C48H31B2NO2/c1-4-16-32(17-5-1)35-22-14-23-36(33-18-6-2-7-19-33)47(35)50-38-25-11-13-28-44(38)53-46-31-42-39(30-40(46)50)49-37-24-10-12-27-43(37)52-45-29-15-26-41(48(45)49)51(42)34-20-8-3-9-21-34/h1-31H. The first-order valence-corrected chi connectivity index (χ1v) is 18.2. The minimum absolute atomic E-state index is 0.0257. The van der Waals surface area contributed by atoms with Gasteiger partial charge in [0.2, 0.25) is 0 Å². The van der Waals surface area contributed by atoms with Crippen LogP contribution in [0.15, 0.2) is 188 Å². The zero-order chi connectivity index (χ0) is 34.9. The maximum atomic E-state index is 6.98. The predicted octanol–water partition coefficient (Wildman–Crippen LogP) is 8.05. The quantitative estimate of drug-likeness (QED) is 0.176. The molecule has 0 aliphatic carbocycles. The van der Waals surface area contributed by atoms with Gasteiger partial charge in [0, 0.05) is 23.1 Å². The SMILES string of the molecule is c1ccc(-c2cccc(-c3ccccc3)c2B2c3ccccc3Oc3cc4c(cc32)B2c3ccccc3Oc3cccc(c32)N4c2ccccc2)cc1. The van der Waals surface area contributed by atoms with E-state index in [2.05, 4.69) is 193 Å². The summed E-state index contributed by atoms with van der Waals surface area (Å²) < 4.78 is 13.6. The second-order valence-corrected chi connectivity index (χ2v) is 14.0. The summed E-state index contributed by atoms with van der Waals surface area (Å²) in [6, 6.07) is 67.3. The lowest BCUT2D eigenvalue weighted by Crippen LogP contribution is -2.62. The van der Waals surface area contributed by atoms with Gasteiger partial charge in [0.1, 0.15) is 23.0 Å². The Bertz CT molecular complexity index is 2640. The van der Waals surface area contributed by atoms with Crippen LogP contribution in [-0.2, 0) is 0 Å². The molecule has 0 unspecified atom stereocenters. The molecule has 0 saturated heterocycles. The van der Waals surface area contributed by atoms with E-state index in [0.29, 0.717) is 0 Å². The monoisotopic (exact) mass is 675 g/mol. The Morgan fingerprint density at radius 2 is 0.849 bits per heavy atom. The van der Waals surface area contributed by atoms with Gasteiger partial charge in [-0.2, -0.15) is 0 Å². The van der Waals surface area contributed by atoms with Crippen molar-refractivity contribution in [3.05, 3.63) is 188 Å². The van der Waals surface area contributed by atoms with Crippen LogP contribution in [0.2, 0.25) is 0 Å². The number of anilines is 3. The van der Waals surface area contributed by atoms with Crippen molar-refractivity contribution < 1.29 is 9.47 Å². The van der Waals surface area contributed by atoms with Gasteiger partial charge >= 0.3 is 0 Å². The Morgan fingerprint density at radius 1 is 0.340 bits per heavy atom. The van der Waals surface area contributed by atoms with Gasteiger partial charge in [0.05, 0.1) is 0 Å². The summed E-state index contributed by atoms with van der Waals surface area (Å²) in [4.78, 5) is 2.38. The fraction of sp³-hybridized carbons (Fsp3) is 0. The van der Waals surface area contributed by atoms with Crippen LogP contribution in [-0.4, -0.2) is 13.4 Å². The average Bonchev–Trinajstić information content (AvgIpc) is 3.23. The first-order chi connectivity index (χ1) is 26.3. The third-order valence-electron chi connectivity index (χ3n) is 11.1. The summed E-state index contributed by atoms with van der Waals surface area (Å²) in [5.74, 6) is 3.55. The molecular formula is C48H31B2NO2. The fourth-order valence-corrected chi connectivity index (χ4v) is 8.87. The van der Waals surface area contributed by atoms with Crippen molar-refractivity contribution in [3.8, 4) is 45.3 Å². The van der Waals surface area contributed by atoms with E-state index in [1.807, 2.05) is 0 Å². The number of hydrogen-bond donors (Lipinski definition) is 0. The van der Waals surface area contributed by atoms with Gasteiger partial charge in [0.15, 0.2) is 0 Å². The molecule has 5 heteroatoms. The molecule has 8 aromatic rings. The van der Waals surface area contributed by atoms with Crippen LogP contribution >= 0.6 is 0 Å². The van der Waals surface area contributed by atoms with Crippen molar-refractivity contribution in [2.45, 2.75) is 0 Å². The minimum Gasteiger partial charge on any atom is -0.458 e. The summed E-state index contributed by atoms with van der Waals surface area (Å²) in [7, 11) is 0. The number of rotatable bonds is 4. The van der Waals surface area contributed by atoms with Crippen molar-refractivity contribution >= 4 is 63.3 Å². The van der Waals surface area contributed by atoms with E-state index in [1.54, 1.807) is 0 Å². The predicted molar refractivity (Wildman–Crippen MR) is 221 cm³/mol. The molecule has 3 heterocycles. The van der Waals surface area contributed by atoms with Crippen molar-refractivity contribution in [2.75, 3.05) is 4.90 Å². The summed E-state index contributed by atoms with van der Waals surface area (Å²) in [5, 5.41) is 0. The number of para-hydroxylation sites is 3. The van der Waals surface area contributed by atoms with E-state index >= 15 is 0 Å². The first kappa shape index (κ1) is 30.0. The third kappa shape index (κ3) is 4.64. The topological polar surface area (TPSA) is 21.7 Å². The summed E-state index contributed by atoms with van der Waals surface area (Å²) in [6.07, 6.45) is 0. The van der Waals surface area contributed by atoms with Crippen LogP contribution in [0.1, 0.15) is 0 Å². The zero-order valence-corrected chi connectivity index (χ0v) is 28.8. The Kier molecular flexibility index (Phi) is 6.75. The molecule has 0 bridgehead atoms. The second kappa shape index (κ2) is 11.9. The highest BCUT2D eigenvalue weighted by molar-refractivity contribution is 7.01. The van der Waals surface area contributed by atoms with Crippen LogP contribution < -0.4 is 47.2 Å². The van der Waals surface area contributed by atoms with Crippen LogP contribution in [0.25, 0.3) is 22.3 Å². The molecule has 3 aliphatic heterocycles. The molecule has 0 aromatic heterocycles. The highest BCUT2D eigenvalue weighted by atomic mass is 16.5. The number of benzene rings is 8. The van der Waals surface area contributed by atoms with E-state index in [0.717, 1.165) is 51.0 Å². The number of hydrogen-bond acceptors (Lipinski definition) is 3. The van der Waals surface area contributed by atoms with E-state index in [9.17, 15) is 0 Å². The van der Waals surface area contributed by atoms with Gasteiger partial charge in [-0.25, -0.2) is 0 Å². The molecule has 0 atom stereocenters. The van der Waals surface area contributed by atoms with Gasteiger partial charge in [-0.3, -0.25) is 0 Å². The van der Waals surface area contributed by atoms with Gasteiger partial charge in [0.25, 0.3) is 13.4 Å². The number of fused-ring (bicyclic) bond motifs is 6. The largest absolute Gasteiger partial charge is 0.458 e. The Morgan fingerprint density at radius 3 is 1.49 bits per heavy atom. The molecule has 0 spiro atoms. The van der Waals surface area contributed by atoms with Crippen molar-refractivity contribution in [1.82, 2.24) is 0 Å². The lowest BCUT2D eigenvalue weighted by atomic mass is 9.31. The molecule has 0 amide bonds. The third-order valence-corrected chi connectivity index (χ3v) is 11.1. The molecule has 3 aliphatic rings. The minimum atomic E-state index is -0.108. The molecule has 0 N–H and O–H groups in total. The van der Waals surface area contributed by atoms with Crippen LogP contribution in [0.5, 0.6) is 23.0 Å². The lowest BCUT2D eigenvalue weighted by molar-refractivity contribution is 0.487. The summed E-state index contributed by atoms with van der Waals surface area (Å²) in [6.45, 7) is -0.133. The Balaban J connectivity index is 1.24. The second-order valence-electron chi connectivity index (χ2n) is 14.0. The van der Waals surface area contributed by atoms with Crippen LogP contribution in [0, 0.1) is 0 Å². The van der Waals surface area contributed by atoms with Crippen molar-refractivity contribution in [2.24, 2.45) is 0 Å². The molecule has 53 heavy (non-hydrogen) atoms. The Labute approximate surface area is 309 Å². The molecule has 8 aromatic carbocycles. The summed E-state index contributed by atoms with van der Waals surface area (Å²) >= 11 is 0. The molecule has 246 valence electrons. The van der Waals surface area contributed by atoms with Crippen LogP contribution in [0.3, 0.4) is 0 Å². The fourth-order valence-electron chi connectivity index (χ4n) is 8.87. The Hall–Kier alpha value is -6.71. The molecule has 11 rings (SSSR count). The van der Waals surface area contributed by atoms with Crippen molar-refractivity contribution in [3.63, 3.8) is 0 Å². The highest BCUT2D eigenvalue weighted by Gasteiger charge is 2.44. The maximum Gasteiger partial charge on any atom is 0.256 e. The van der Waals surface area contributed by atoms with E-state index in [4.69, 9.17) is 9.47 Å². The lowest BCUT2D eigenvalue weighted by Gasteiger charge is -2.41. The van der Waals surface area contributed by atoms with E-state index in [-0.39, 0.29) is 13.4 Å². The van der Waals surface area contributed by atoms with Gasteiger partial charge in [-0.05, 0) is 86.0 Å². The average molecular weight is 675 g/mol. The van der Waals surface area contributed by atoms with Gasteiger partial charge in [-0.15, -0.1) is 0 Å². The zero-order valence-electron chi connectivity index (χ0n) is 28.8. The molecular weight excluding hydrogens is 644 g/mol. The highest BCUT2D eigenvalue weighted by Crippen LogP contribution is 2.42. The normalized spacial score (nSPS) is 13.1. The maximum absolute atomic E-state index is 6.98. The van der Waals surface area contributed by atoms with E-state index in [1.165, 1.54) is 44.1 Å². The van der Waals surface area contributed by atoms with Crippen LogP contribution in [0.4, 0.5) is 17.1 Å². The van der Waals surface area contributed by atoms with Crippen molar-refractivity contribution in [1.29, 1.82) is 0 Å². The number of nitrogens with zero attached hydrogens (tertiary/aromatic N) is 1. The van der Waals surface area contributed by atoms with E-state index < -0.39 is 0 Å². The summed E-state index contributed by atoms with van der Waals surface area (Å²) in [5.41, 5.74) is 15.3. The molecule has 3 nitrogen and oxygen atoms in total. The molecule has 0 fully saturated rings. The number of ether oxygens (including phenoxy) is 2.